The lowest BCUT2D eigenvalue weighted by Gasteiger charge is -1.99. The molecule has 2 heteroatoms. The Hall–Kier alpha value is -1.05. The zero-order valence-electron chi connectivity index (χ0n) is 6.51. The molecule has 0 aliphatic rings. The van der Waals surface area contributed by atoms with Crippen LogP contribution in [0.5, 0.6) is 0 Å². The van der Waals surface area contributed by atoms with E-state index in [1.54, 1.807) is 17.7 Å². The highest BCUT2D eigenvalue weighted by Crippen LogP contribution is 1.87. The normalized spacial score (nSPS) is 11.1. The Morgan fingerprint density at radius 1 is 1.78 bits per heavy atom. The molecule has 0 fully saturated rings. The van der Waals surface area contributed by atoms with E-state index in [4.69, 9.17) is 1.37 Å². The molecule has 0 saturated heterocycles. The standard InChI is InChI=1S/C7H9NO/c1-6-5-7(9)3-4-8(6)2/h3-5H,1-2H3/i5D. The van der Waals surface area contributed by atoms with Crippen molar-refractivity contribution in [3.63, 3.8) is 0 Å². The Labute approximate surface area is 55.2 Å². The van der Waals surface area contributed by atoms with Crippen LogP contribution in [0.3, 0.4) is 0 Å². The highest BCUT2D eigenvalue weighted by atomic mass is 16.1. The molecule has 0 spiro atoms. The highest BCUT2D eigenvalue weighted by Gasteiger charge is 1.86. The summed E-state index contributed by atoms with van der Waals surface area (Å²) in [5.41, 5.74) is 0.489. The van der Waals surface area contributed by atoms with Crippen LogP contribution in [0.15, 0.2) is 23.1 Å². The van der Waals surface area contributed by atoms with Crippen LogP contribution in [0.25, 0.3) is 0 Å². The van der Waals surface area contributed by atoms with Gasteiger partial charge in [0.1, 0.15) is 0 Å². The number of hydrogen-bond donors (Lipinski definition) is 0. The number of nitrogens with zero attached hydrogens (tertiary/aromatic N) is 1. The predicted octanol–water partition coefficient (Wildman–Crippen LogP) is 0.694. The van der Waals surface area contributed by atoms with Crippen LogP contribution in [-0.2, 0) is 7.05 Å². The van der Waals surface area contributed by atoms with E-state index in [-0.39, 0.29) is 11.5 Å². The number of hydrogen-bond acceptors (Lipinski definition) is 1. The summed E-state index contributed by atoms with van der Waals surface area (Å²) in [6.07, 6.45) is 1.66. The maximum absolute atomic E-state index is 10.8. The van der Waals surface area contributed by atoms with Gasteiger partial charge in [-0.05, 0) is 6.92 Å². The van der Waals surface area contributed by atoms with Crippen molar-refractivity contribution < 1.29 is 1.37 Å². The van der Waals surface area contributed by atoms with Gasteiger partial charge < -0.3 is 4.57 Å². The summed E-state index contributed by atoms with van der Waals surface area (Å²) in [5, 5.41) is 0. The summed E-state index contributed by atoms with van der Waals surface area (Å²) in [4.78, 5) is 10.8. The van der Waals surface area contributed by atoms with E-state index in [0.717, 1.165) is 0 Å². The van der Waals surface area contributed by atoms with Gasteiger partial charge >= 0.3 is 0 Å². The van der Waals surface area contributed by atoms with Crippen molar-refractivity contribution in [1.82, 2.24) is 4.57 Å². The lowest BCUT2D eigenvalue weighted by molar-refractivity contribution is 0.853. The molecule has 0 N–H and O–H groups in total. The molecule has 0 unspecified atom stereocenters. The van der Waals surface area contributed by atoms with Crippen molar-refractivity contribution in [1.29, 1.82) is 0 Å². The average Bonchev–Trinajstić information content (AvgIpc) is 1.93. The molecule has 1 rings (SSSR count). The van der Waals surface area contributed by atoms with Crippen LogP contribution in [-0.4, -0.2) is 4.57 Å². The number of pyridine rings is 1. The number of aryl methyl sites for hydroxylation is 1. The van der Waals surface area contributed by atoms with Crippen LogP contribution in [0.1, 0.15) is 7.06 Å². The quantitative estimate of drug-likeness (QED) is 0.499. The largest absolute Gasteiger partial charge is 0.354 e. The maximum atomic E-state index is 10.8. The summed E-state index contributed by atoms with van der Waals surface area (Å²) in [5.74, 6) is 0. The van der Waals surface area contributed by atoms with Gasteiger partial charge in [-0.3, -0.25) is 4.79 Å². The topological polar surface area (TPSA) is 22.0 Å². The fraction of sp³-hybridized carbons (Fsp3) is 0.286. The zero-order chi connectivity index (χ0) is 7.72. The summed E-state index contributed by atoms with van der Waals surface area (Å²) in [7, 11) is 1.81. The molecule has 1 heterocycles. The SMILES string of the molecule is [2H]c1c(C)n(C)ccc1=O. The predicted molar refractivity (Wildman–Crippen MR) is 36.4 cm³/mol. The zero-order valence-corrected chi connectivity index (χ0v) is 5.51. The maximum Gasteiger partial charge on any atom is 0.181 e. The molecule has 1 aromatic rings. The molecule has 9 heavy (non-hydrogen) atoms. The molecular weight excluding hydrogens is 114 g/mol. The van der Waals surface area contributed by atoms with Gasteiger partial charge in [-0.25, -0.2) is 0 Å². The Bertz CT molecular complexity index is 303. The van der Waals surface area contributed by atoms with E-state index >= 15 is 0 Å². The third kappa shape index (κ3) is 1.19. The molecule has 0 aliphatic carbocycles. The lowest BCUT2D eigenvalue weighted by Crippen LogP contribution is -2.04. The van der Waals surface area contributed by atoms with E-state index in [2.05, 4.69) is 0 Å². The van der Waals surface area contributed by atoms with Crippen molar-refractivity contribution in [3.8, 4) is 0 Å². The van der Waals surface area contributed by atoms with Gasteiger partial charge in [0.15, 0.2) is 5.43 Å². The van der Waals surface area contributed by atoms with E-state index in [1.807, 2.05) is 7.05 Å². The second kappa shape index (κ2) is 2.05. The van der Waals surface area contributed by atoms with Crippen molar-refractivity contribution in [2.45, 2.75) is 6.92 Å². The second-order valence-electron chi connectivity index (χ2n) is 2.00. The van der Waals surface area contributed by atoms with Crippen molar-refractivity contribution >= 4 is 0 Å². The smallest absolute Gasteiger partial charge is 0.181 e. The monoisotopic (exact) mass is 124 g/mol. The Morgan fingerprint density at radius 2 is 2.44 bits per heavy atom. The van der Waals surface area contributed by atoms with Gasteiger partial charge in [-0.15, -0.1) is 0 Å². The minimum Gasteiger partial charge on any atom is -0.354 e. The minimum atomic E-state index is -0.212. The van der Waals surface area contributed by atoms with Gasteiger partial charge in [-0.1, -0.05) is 0 Å². The van der Waals surface area contributed by atoms with Crippen molar-refractivity contribution in [2.75, 3.05) is 0 Å². The number of aromatic nitrogens is 1. The molecule has 0 aliphatic heterocycles. The lowest BCUT2D eigenvalue weighted by atomic mass is 10.4. The van der Waals surface area contributed by atoms with E-state index in [1.165, 1.54) is 6.07 Å². The van der Waals surface area contributed by atoms with Gasteiger partial charge in [0.2, 0.25) is 0 Å². The molecule has 2 nitrogen and oxygen atoms in total. The molecule has 48 valence electrons. The van der Waals surface area contributed by atoms with E-state index in [0.29, 0.717) is 5.69 Å². The molecule has 0 radical (unpaired) electrons. The van der Waals surface area contributed by atoms with Crippen molar-refractivity contribution in [3.05, 3.63) is 34.2 Å². The van der Waals surface area contributed by atoms with Crippen LogP contribution >= 0.6 is 0 Å². The first-order valence-electron chi connectivity index (χ1n) is 3.26. The first kappa shape index (κ1) is 4.79. The molecular formula is C7H9NO. The van der Waals surface area contributed by atoms with E-state index < -0.39 is 0 Å². The average molecular weight is 124 g/mol. The fourth-order valence-electron chi connectivity index (χ4n) is 0.599. The minimum absolute atomic E-state index is 0.0880. The molecule has 0 aromatic carbocycles. The first-order valence-corrected chi connectivity index (χ1v) is 2.76. The van der Waals surface area contributed by atoms with Crippen LogP contribution < -0.4 is 5.43 Å². The Morgan fingerprint density at radius 3 is 3.00 bits per heavy atom. The summed E-state index contributed by atoms with van der Waals surface area (Å²) in [6, 6.07) is 1.49. The third-order valence-electron chi connectivity index (χ3n) is 1.28. The Balaban J connectivity index is 3.49. The van der Waals surface area contributed by atoms with Crippen LogP contribution in [0.2, 0.25) is 0 Å². The third-order valence-corrected chi connectivity index (χ3v) is 1.28. The van der Waals surface area contributed by atoms with Gasteiger partial charge in [0.25, 0.3) is 0 Å². The molecule has 0 bridgehead atoms. The second-order valence-corrected chi connectivity index (χ2v) is 2.00. The Kier molecular flexibility index (Phi) is 1.09. The fourth-order valence-corrected chi connectivity index (χ4v) is 0.599. The molecule has 0 saturated carbocycles. The molecule has 0 amide bonds. The first-order chi connectivity index (χ1) is 4.63. The van der Waals surface area contributed by atoms with Crippen molar-refractivity contribution in [2.24, 2.45) is 7.05 Å². The van der Waals surface area contributed by atoms with Gasteiger partial charge in [0, 0.05) is 31.0 Å². The molecule has 1 aromatic heterocycles. The van der Waals surface area contributed by atoms with E-state index in [9.17, 15) is 4.79 Å². The highest BCUT2D eigenvalue weighted by molar-refractivity contribution is 5.03. The summed E-state index contributed by atoms with van der Waals surface area (Å²) < 4.78 is 9.01. The van der Waals surface area contributed by atoms with Gasteiger partial charge in [0.05, 0.1) is 1.37 Å². The molecule has 0 atom stereocenters. The van der Waals surface area contributed by atoms with Crippen LogP contribution in [0, 0.1) is 6.92 Å². The number of rotatable bonds is 0. The van der Waals surface area contributed by atoms with Crippen LogP contribution in [0.4, 0.5) is 0 Å². The summed E-state index contributed by atoms with van der Waals surface area (Å²) in [6.45, 7) is 1.75. The van der Waals surface area contributed by atoms with Gasteiger partial charge in [-0.2, -0.15) is 0 Å². The summed E-state index contributed by atoms with van der Waals surface area (Å²) >= 11 is 0.